The first-order valence-electron chi connectivity index (χ1n) is 5.72. The van der Waals surface area contributed by atoms with Crippen molar-refractivity contribution >= 4 is 16.7 Å². The average molecular weight is 284 g/mol. The van der Waals surface area contributed by atoms with Gasteiger partial charge < -0.3 is 9.47 Å². The Morgan fingerprint density at radius 3 is 2.50 bits per heavy atom. The molecule has 0 aromatic heterocycles. The minimum atomic E-state index is -4.48. The summed E-state index contributed by atoms with van der Waals surface area (Å²) in [6.45, 7) is -1.47. The number of methoxy groups -OCH3 is 1. The molecule has 2 aromatic rings. The molecule has 0 aliphatic heterocycles. The van der Waals surface area contributed by atoms with E-state index in [1.54, 1.807) is 30.3 Å². The number of fused-ring (bicyclic) bond motifs is 1. The molecule has 0 atom stereocenters. The third-order valence-corrected chi connectivity index (χ3v) is 2.67. The van der Waals surface area contributed by atoms with Gasteiger partial charge in [0.2, 0.25) is 0 Å². The summed E-state index contributed by atoms with van der Waals surface area (Å²) in [4.78, 5) is 11.6. The second-order valence-corrected chi connectivity index (χ2v) is 4.06. The van der Waals surface area contributed by atoms with Crippen molar-refractivity contribution in [3.63, 3.8) is 0 Å². The van der Waals surface area contributed by atoms with Crippen LogP contribution in [0.3, 0.4) is 0 Å². The molecule has 0 aliphatic rings. The Morgan fingerprint density at radius 2 is 1.85 bits per heavy atom. The van der Waals surface area contributed by atoms with Crippen molar-refractivity contribution in [1.82, 2.24) is 0 Å². The number of carbonyl (C=O) groups is 1. The largest absolute Gasteiger partial charge is 0.483 e. The van der Waals surface area contributed by atoms with Crippen LogP contribution in [0.2, 0.25) is 0 Å². The number of halogens is 3. The molecule has 0 N–H and O–H groups in total. The highest BCUT2D eigenvalue weighted by atomic mass is 19.4. The van der Waals surface area contributed by atoms with E-state index in [1.807, 2.05) is 0 Å². The fourth-order valence-corrected chi connectivity index (χ4v) is 1.82. The van der Waals surface area contributed by atoms with E-state index in [9.17, 15) is 18.0 Å². The number of alkyl halides is 3. The molecular weight excluding hydrogens is 273 g/mol. The van der Waals surface area contributed by atoms with Crippen molar-refractivity contribution < 1.29 is 27.4 Å². The van der Waals surface area contributed by atoms with Gasteiger partial charge in [0.15, 0.2) is 6.61 Å². The lowest BCUT2D eigenvalue weighted by Gasteiger charge is -2.14. The van der Waals surface area contributed by atoms with Gasteiger partial charge in [0.05, 0.1) is 7.11 Å². The molecule has 0 radical (unpaired) electrons. The molecule has 0 heterocycles. The highest BCUT2D eigenvalue weighted by Crippen LogP contribution is 2.31. The number of hydrogen-bond donors (Lipinski definition) is 0. The van der Waals surface area contributed by atoms with Gasteiger partial charge in [-0.1, -0.05) is 30.3 Å². The van der Waals surface area contributed by atoms with Crippen LogP contribution in [0.25, 0.3) is 10.8 Å². The molecule has 0 saturated carbocycles. The lowest BCUT2D eigenvalue weighted by molar-refractivity contribution is -0.153. The molecule has 0 aliphatic carbocycles. The van der Waals surface area contributed by atoms with E-state index in [0.29, 0.717) is 10.8 Å². The molecule has 3 nitrogen and oxygen atoms in total. The Balaban J connectivity index is 2.53. The molecule has 6 heteroatoms. The van der Waals surface area contributed by atoms with Crippen LogP contribution in [-0.4, -0.2) is 25.9 Å². The molecule has 0 spiro atoms. The monoisotopic (exact) mass is 284 g/mol. The van der Waals surface area contributed by atoms with Crippen molar-refractivity contribution in [1.29, 1.82) is 0 Å². The standard InChI is InChI=1S/C14H11F3O3/c1-19-13(18)11-7-6-9-4-2-3-5-10(9)12(11)20-8-14(15,16)17/h2-7H,8H2,1H3. The fraction of sp³-hybridized carbons (Fsp3) is 0.214. The quantitative estimate of drug-likeness (QED) is 0.808. The predicted octanol–water partition coefficient (Wildman–Crippen LogP) is 3.57. The van der Waals surface area contributed by atoms with Crippen LogP contribution < -0.4 is 4.74 Å². The summed E-state index contributed by atoms with van der Waals surface area (Å²) in [6, 6.07) is 9.73. The van der Waals surface area contributed by atoms with E-state index >= 15 is 0 Å². The van der Waals surface area contributed by atoms with E-state index in [-0.39, 0.29) is 11.3 Å². The van der Waals surface area contributed by atoms with Crippen molar-refractivity contribution in [2.45, 2.75) is 6.18 Å². The normalized spacial score (nSPS) is 11.4. The Hall–Kier alpha value is -2.24. The molecule has 20 heavy (non-hydrogen) atoms. The van der Waals surface area contributed by atoms with Crippen LogP contribution in [0.5, 0.6) is 5.75 Å². The highest BCUT2D eigenvalue weighted by Gasteiger charge is 2.30. The zero-order valence-electron chi connectivity index (χ0n) is 10.5. The fourth-order valence-electron chi connectivity index (χ4n) is 1.82. The maximum absolute atomic E-state index is 12.3. The summed E-state index contributed by atoms with van der Waals surface area (Å²) in [5, 5.41) is 1.11. The Kier molecular flexibility index (Phi) is 3.83. The lowest BCUT2D eigenvalue weighted by Crippen LogP contribution is -2.20. The zero-order valence-corrected chi connectivity index (χ0v) is 10.5. The summed E-state index contributed by atoms with van der Waals surface area (Å²) in [7, 11) is 1.16. The van der Waals surface area contributed by atoms with Gasteiger partial charge in [-0.3, -0.25) is 0 Å². The van der Waals surface area contributed by atoms with Gasteiger partial charge in [-0.05, 0) is 11.5 Å². The molecule has 106 valence electrons. The Morgan fingerprint density at radius 1 is 1.15 bits per heavy atom. The molecule has 2 rings (SSSR count). The average Bonchev–Trinajstić information content (AvgIpc) is 2.42. The van der Waals surface area contributed by atoms with Gasteiger partial charge in [0, 0.05) is 5.39 Å². The van der Waals surface area contributed by atoms with Gasteiger partial charge in [-0.15, -0.1) is 0 Å². The van der Waals surface area contributed by atoms with Crippen LogP contribution in [-0.2, 0) is 4.74 Å². The van der Waals surface area contributed by atoms with Crippen LogP contribution in [0.4, 0.5) is 13.2 Å². The van der Waals surface area contributed by atoms with Crippen LogP contribution in [0.15, 0.2) is 36.4 Å². The second-order valence-electron chi connectivity index (χ2n) is 4.06. The Bertz CT molecular complexity index is 635. The summed E-state index contributed by atoms with van der Waals surface area (Å²) in [6.07, 6.45) is -4.48. The van der Waals surface area contributed by atoms with E-state index in [0.717, 1.165) is 7.11 Å². The molecule has 2 aromatic carbocycles. The zero-order chi connectivity index (χ0) is 14.8. The maximum Gasteiger partial charge on any atom is 0.422 e. The maximum atomic E-state index is 12.3. The smallest absolute Gasteiger partial charge is 0.422 e. The van der Waals surface area contributed by atoms with Crippen molar-refractivity contribution in [2.75, 3.05) is 13.7 Å². The van der Waals surface area contributed by atoms with Crippen LogP contribution in [0.1, 0.15) is 10.4 Å². The van der Waals surface area contributed by atoms with Gasteiger partial charge in [0.1, 0.15) is 11.3 Å². The summed E-state index contributed by atoms with van der Waals surface area (Å²) in [5.41, 5.74) is -0.0320. The predicted molar refractivity (Wildman–Crippen MR) is 66.8 cm³/mol. The van der Waals surface area contributed by atoms with Crippen molar-refractivity contribution in [2.24, 2.45) is 0 Å². The van der Waals surface area contributed by atoms with Gasteiger partial charge in [-0.2, -0.15) is 13.2 Å². The van der Waals surface area contributed by atoms with Crippen molar-refractivity contribution in [3.05, 3.63) is 42.0 Å². The minimum Gasteiger partial charge on any atom is -0.483 e. The summed E-state index contributed by atoms with van der Waals surface area (Å²) >= 11 is 0. The first-order chi connectivity index (χ1) is 9.42. The minimum absolute atomic E-state index is 0.0320. The lowest BCUT2D eigenvalue weighted by atomic mass is 10.1. The first kappa shape index (κ1) is 14.2. The molecular formula is C14H11F3O3. The van der Waals surface area contributed by atoms with Crippen LogP contribution in [0, 0.1) is 0 Å². The summed E-state index contributed by atoms with van der Waals surface area (Å²) in [5.74, 6) is -0.861. The van der Waals surface area contributed by atoms with Crippen molar-refractivity contribution in [3.8, 4) is 5.75 Å². The van der Waals surface area contributed by atoms with Gasteiger partial charge in [0.25, 0.3) is 0 Å². The third kappa shape index (κ3) is 3.01. The molecule has 0 saturated heterocycles. The SMILES string of the molecule is COC(=O)c1ccc2ccccc2c1OCC(F)(F)F. The van der Waals surface area contributed by atoms with E-state index in [1.165, 1.54) is 6.07 Å². The number of carbonyl (C=O) groups excluding carboxylic acids is 1. The van der Waals surface area contributed by atoms with E-state index in [2.05, 4.69) is 4.74 Å². The topological polar surface area (TPSA) is 35.5 Å². The Labute approximate surface area is 112 Å². The number of ether oxygens (including phenoxy) is 2. The van der Waals surface area contributed by atoms with E-state index < -0.39 is 18.8 Å². The number of esters is 1. The number of hydrogen-bond acceptors (Lipinski definition) is 3. The molecule has 0 amide bonds. The third-order valence-electron chi connectivity index (χ3n) is 2.67. The second kappa shape index (κ2) is 5.40. The molecule has 0 unspecified atom stereocenters. The van der Waals surface area contributed by atoms with Gasteiger partial charge in [-0.25, -0.2) is 4.79 Å². The number of benzene rings is 2. The first-order valence-corrected chi connectivity index (χ1v) is 5.72. The van der Waals surface area contributed by atoms with Crippen LogP contribution >= 0.6 is 0 Å². The van der Waals surface area contributed by atoms with Gasteiger partial charge >= 0.3 is 12.1 Å². The molecule has 0 bridgehead atoms. The number of rotatable bonds is 3. The van der Waals surface area contributed by atoms with E-state index in [4.69, 9.17) is 4.74 Å². The highest BCUT2D eigenvalue weighted by molar-refractivity contribution is 6.01. The molecule has 0 fully saturated rings. The summed E-state index contributed by atoms with van der Waals surface area (Å²) < 4.78 is 46.3.